The Labute approximate surface area is 207 Å². The Kier molecular flexibility index (Phi) is 6.78. The van der Waals surface area contributed by atoms with Crippen molar-refractivity contribution in [3.63, 3.8) is 0 Å². The third kappa shape index (κ3) is 5.65. The number of alkyl halides is 2. The van der Waals surface area contributed by atoms with Gasteiger partial charge in [-0.15, -0.1) is 0 Å². The first-order valence-corrected chi connectivity index (χ1v) is 13.2. The van der Waals surface area contributed by atoms with Crippen LogP contribution in [0.3, 0.4) is 0 Å². The average Bonchev–Trinajstić information content (AvgIpc) is 3.20. The molecular formula is C24H28F2N4O5S. The smallest absolute Gasteiger partial charge is 0.272 e. The molecule has 0 unspecified atom stereocenters. The van der Waals surface area contributed by atoms with E-state index in [2.05, 4.69) is 15.4 Å². The molecule has 0 atom stereocenters. The van der Waals surface area contributed by atoms with Gasteiger partial charge >= 0.3 is 0 Å². The first kappa shape index (κ1) is 26.0. The van der Waals surface area contributed by atoms with Crippen LogP contribution in [0.2, 0.25) is 0 Å². The highest BCUT2D eigenvalue weighted by Crippen LogP contribution is 2.31. The fourth-order valence-electron chi connectivity index (χ4n) is 4.08. The quantitative estimate of drug-likeness (QED) is 0.489. The number of ether oxygens (including phenoxy) is 1. The molecule has 12 heteroatoms. The molecule has 0 saturated carbocycles. The minimum Gasteiger partial charge on any atom is -0.488 e. The number of hydrogen-bond acceptors (Lipinski definition) is 7. The number of amides is 1. The topological polar surface area (TPSA) is 123 Å². The van der Waals surface area contributed by atoms with Crippen molar-refractivity contribution >= 4 is 26.8 Å². The molecule has 4 rings (SSSR count). The summed E-state index contributed by atoms with van der Waals surface area (Å²) in [7, 11) is -3.09. The number of aromatic nitrogens is 3. The number of hydrogen-bond donors (Lipinski definition) is 2. The van der Waals surface area contributed by atoms with E-state index in [9.17, 15) is 27.1 Å². The van der Waals surface area contributed by atoms with Crippen LogP contribution in [-0.2, 0) is 15.4 Å². The minimum absolute atomic E-state index is 0.0107. The van der Waals surface area contributed by atoms with Crippen molar-refractivity contribution in [2.24, 2.45) is 0 Å². The number of fused-ring (bicyclic) bond motifs is 1. The fourth-order valence-corrected chi connectivity index (χ4v) is 5.81. The molecule has 1 aliphatic rings. The summed E-state index contributed by atoms with van der Waals surface area (Å²) in [6, 6.07) is 7.97. The summed E-state index contributed by atoms with van der Waals surface area (Å²) in [5, 5.41) is 18.6. The van der Waals surface area contributed by atoms with Crippen LogP contribution in [0.5, 0.6) is 5.75 Å². The standard InChI is InChI=1S/C24H28F2N4O5S/c1-23(2,32)20-18-11-15(22(31)28-24(3)7-9-36(33,34)10-8-24)13-27-21(18)30(29-20)16-5-4-6-17(12-16)35-14-19(25)26/h4-6,11-13,19,32H,7-10,14H2,1-3H3,(H,28,31). The summed E-state index contributed by atoms with van der Waals surface area (Å²) in [5.41, 5.74) is -0.718. The van der Waals surface area contributed by atoms with E-state index in [0.29, 0.717) is 29.6 Å². The molecule has 0 radical (unpaired) electrons. The van der Waals surface area contributed by atoms with E-state index in [1.165, 1.54) is 16.9 Å². The second kappa shape index (κ2) is 9.40. The van der Waals surface area contributed by atoms with E-state index < -0.39 is 39.9 Å². The van der Waals surface area contributed by atoms with E-state index in [1.54, 1.807) is 38.1 Å². The van der Waals surface area contributed by atoms with Gasteiger partial charge in [-0.25, -0.2) is 26.9 Å². The molecule has 3 heterocycles. The van der Waals surface area contributed by atoms with Gasteiger partial charge in [-0.2, -0.15) is 5.10 Å². The summed E-state index contributed by atoms with van der Waals surface area (Å²) in [5.74, 6) is -0.170. The second-order valence-electron chi connectivity index (χ2n) is 9.78. The van der Waals surface area contributed by atoms with Gasteiger partial charge in [-0.1, -0.05) is 6.07 Å². The van der Waals surface area contributed by atoms with Crippen LogP contribution in [0.4, 0.5) is 8.78 Å². The molecule has 36 heavy (non-hydrogen) atoms. The van der Waals surface area contributed by atoms with E-state index in [4.69, 9.17) is 4.74 Å². The Bertz CT molecular complexity index is 1390. The Morgan fingerprint density at radius 1 is 1.28 bits per heavy atom. The predicted molar refractivity (Wildman–Crippen MR) is 129 cm³/mol. The number of benzene rings is 1. The first-order valence-electron chi connectivity index (χ1n) is 11.4. The molecule has 1 aromatic carbocycles. The third-order valence-electron chi connectivity index (χ3n) is 6.15. The molecule has 2 aromatic heterocycles. The van der Waals surface area contributed by atoms with Crippen LogP contribution in [0.1, 0.15) is 49.7 Å². The van der Waals surface area contributed by atoms with Gasteiger partial charge in [0.25, 0.3) is 12.3 Å². The van der Waals surface area contributed by atoms with Gasteiger partial charge in [-0.05, 0) is 51.8 Å². The molecule has 0 aliphatic carbocycles. The molecule has 1 aliphatic heterocycles. The number of carbonyl (C=O) groups excluding carboxylic acids is 1. The van der Waals surface area contributed by atoms with Crippen molar-refractivity contribution in [3.05, 3.63) is 47.8 Å². The average molecular weight is 523 g/mol. The molecule has 9 nitrogen and oxygen atoms in total. The number of sulfone groups is 1. The van der Waals surface area contributed by atoms with Crippen molar-refractivity contribution in [1.29, 1.82) is 0 Å². The summed E-state index contributed by atoms with van der Waals surface area (Å²) < 4.78 is 55.2. The van der Waals surface area contributed by atoms with Crippen molar-refractivity contribution in [2.45, 2.75) is 51.2 Å². The number of halogens is 2. The van der Waals surface area contributed by atoms with Crippen molar-refractivity contribution < 1.29 is 31.8 Å². The normalized spacial score (nSPS) is 17.3. The van der Waals surface area contributed by atoms with Gasteiger partial charge in [0, 0.05) is 23.2 Å². The molecule has 0 spiro atoms. The molecule has 1 fully saturated rings. The Morgan fingerprint density at radius 3 is 2.61 bits per heavy atom. The maximum Gasteiger partial charge on any atom is 0.272 e. The van der Waals surface area contributed by atoms with Crippen LogP contribution < -0.4 is 10.1 Å². The SMILES string of the molecule is CC1(NC(=O)c2cnc3c(c2)c(C(C)(C)O)nn3-c2cccc(OCC(F)F)c2)CCS(=O)(=O)CC1. The highest BCUT2D eigenvalue weighted by Gasteiger charge is 2.35. The molecule has 1 amide bonds. The van der Waals surface area contributed by atoms with Crippen molar-refractivity contribution in [2.75, 3.05) is 18.1 Å². The largest absolute Gasteiger partial charge is 0.488 e. The highest BCUT2D eigenvalue weighted by atomic mass is 32.2. The van der Waals surface area contributed by atoms with E-state index >= 15 is 0 Å². The Morgan fingerprint density at radius 2 is 1.97 bits per heavy atom. The van der Waals surface area contributed by atoms with Gasteiger partial charge in [0.15, 0.2) is 5.65 Å². The first-order chi connectivity index (χ1) is 16.8. The van der Waals surface area contributed by atoms with E-state index in [0.717, 1.165) is 0 Å². The van der Waals surface area contributed by atoms with Crippen LogP contribution in [0.25, 0.3) is 16.7 Å². The Hall–Kier alpha value is -3.12. The predicted octanol–water partition coefficient (Wildman–Crippen LogP) is 2.99. The van der Waals surface area contributed by atoms with Crippen LogP contribution >= 0.6 is 0 Å². The maximum absolute atomic E-state index is 13.1. The van der Waals surface area contributed by atoms with Gasteiger partial charge in [-0.3, -0.25) is 4.79 Å². The van der Waals surface area contributed by atoms with Crippen LogP contribution in [0.15, 0.2) is 36.5 Å². The van der Waals surface area contributed by atoms with Gasteiger partial charge in [0.1, 0.15) is 33.5 Å². The monoisotopic (exact) mass is 522 g/mol. The number of pyridine rings is 1. The number of rotatable bonds is 7. The van der Waals surface area contributed by atoms with E-state index in [-0.39, 0.29) is 28.5 Å². The van der Waals surface area contributed by atoms with E-state index in [1.807, 2.05) is 6.92 Å². The molecule has 2 N–H and O–H groups in total. The summed E-state index contributed by atoms with van der Waals surface area (Å²) in [6.45, 7) is 4.17. The molecule has 3 aromatic rings. The van der Waals surface area contributed by atoms with Crippen molar-refractivity contribution in [1.82, 2.24) is 20.1 Å². The maximum atomic E-state index is 13.1. The summed E-state index contributed by atoms with van der Waals surface area (Å²) in [6.07, 6.45) is -0.613. The lowest BCUT2D eigenvalue weighted by Crippen LogP contribution is -2.50. The second-order valence-corrected chi connectivity index (χ2v) is 12.1. The van der Waals surface area contributed by atoms with Gasteiger partial charge in [0.05, 0.1) is 22.8 Å². The molecule has 1 saturated heterocycles. The fraction of sp³-hybridized carbons (Fsp3) is 0.458. The molecule has 0 bridgehead atoms. The van der Waals surface area contributed by atoms with Crippen LogP contribution in [0, 0.1) is 0 Å². The number of carbonyl (C=O) groups is 1. The van der Waals surface area contributed by atoms with Gasteiger partial charge < -0.3 is 15.2 Å². The number of nitrogens with one attached hydrogen (secondary N) is 1. The summed E-state index contributed by atoms with van der Waals surface area (Å²) >= 11 is 0. The zero-order chi connectivity index (χ0) is 26.3. The molecular weight excluding hydrogens is 494 g/mol. The zero-order valence-electron chi connectivity index (χ0n) is 20.2. The highest BCUT2D eigenvalue weighted by molar-refractivity contribution is 7.91. The zero-order valence-corrected chi connectivity index (χ0v) is 21.0. The molecule has 194 valence electrons. The number of nitrogens with zero attached hydrogens (tertiary/aromatic N) is 3. The van der Waals surface area contributed by atoms with Gasteiger partial charge in [0.2, 0.25) is 0 Å². The number of aliphatic hydroxyl groups is 1. The summed E-state index contributed by atoms with van der Waals surface area (Å²) in [4.78, 5) is 17.5. The minimum atomic E-state index is -3.09. The lowest BCUT2D eigenvalue weighted by atomic mass is 9.94. The lowest BCUT2D eigenvalue weighted by Gasteiger charge is -2.34. The lowest BCUT2D eigenvalue weighted by molar-refractivity contribution is 0.0748. The van der Waals surface area contributed by atoms with Crippen LogP contribution in [-0.4, -0.2) is 64.3 Å². The Balaban J connectivity index is 1.69. The van der Waals surface area contributed by atoms with Crippen molar-refractivity contribution in [3.8, 4) is 11.4 Å². The third-order valence-corrected chi connectivity index (χ3v) is 7.80.